The van der Waals surface area contributed by atoms with E-state index in [0.717, 1.165) is 30.3 Å². The number of rotatable bonds is 4. The lowest BCUT2D eigenvalue weighted by atomic mass is 9.84. The summed E-state index contributed by atoms with van der Waals surface area (Å²) in [5.74, 6) is 2.57. The second kappa shape index (κ2) is 6.19. The first-order valence-electron chi connectivity index (χ1n) is 7.62. The molecule has 0 bridgehead atoms. The standard InChI is InChI=1S/C15H30N2/c1-12-6-3-4-9-15(12)17(2)11-14-8-5-7-13(14)10-16/h12-15H,3-11,16H2,1-2H3. The highest BCUT2D eigenvalue weighted by molar-refractivity contribution is 4.84. The Morgan fingerprint density at radius 1 is 1.00 bits per heavy atom. The van der Waals surface area contributed by atoms with Gasteiger partial charge in [0.05, 0.1) is 0 Å². The zero-order valence-electron chi connectivity index (χ0n) is 11.7. The molecule has 0 heterocycles. The van der Waals surface area contributed by atoms with E-state index in [2.05, 4.69) is 18.9 Å². The van der Waals surface area contributed by atoms with Crippen molar-refractivity contribution in [2.24, 2.45) is 23.5 Å². The minimum atomic E-state index is 0.802. The van der Waals surface area contributed by atoms with Gasteiger partial charge in [-0.15, -0.1) is 0 Å². The molecule has 4 unspecified atom stereocenters. The molecule has 2 rings (SSSR count). The fraction of sp³-hybridized carbons (Fsp3) is 1.00. The second-order valence-corrected chi connectivity index (χ2v) is 6.46. The topological polar surface area (TPSA) is 29.3 Å². The van der Waals surface area contributed by atoms with Crippen molar-refractivity contribution in [3.8, 4) is 0 Å². The SMILES string of the molecule is CC1CCCCC1N(C)CC1CCCC1CN. The van der Waals surface area contributed by atoms with Crippen LogP contribution in [0.3, 0.4) is 0 Å². The Morgan fingerprint density at radius 3 is 2.41 bits per heavy atom. The lowest BCUT2D eigenvalue weighted by Gasteiger charge is -2.38. The fourth-order valence-corrected chi connectivity index (χ4v) is 4.12. The van der Waals surface area contributed by atoms with Crippen molar-refractivity contribution in [3.05, 3.63) is 0 Å². The van der Waals surface area contributed by atoms with E-state index in [1.807, 2.05) is 0 Å². The lowest BCUT2D eigenvalue weighted by Crippen LogP contribution is -2.42. The summed E-state index contributed by atoms with van der Waals surface area (Å²) in [7, 11) is 2.35. The van der Waals surface area contributed by atoms with Crippen molar-refractivity contribution in [2.75, 3.05) is 20.1 Å². The normalized spacial score (nSPS) is 38.8. The quantitative estimate of drug-likeness (QED) is 0.816. The Bertz CT molecular complexity index is 229. The first-order chi connectivity index (χ1) is 8.22. The highest BCUT2D eigenvalue weighted by Gasteiger charge is 2.31. The molecule has 2 aliphatic carbocycles. The van der Waals surface area contributed by atoms with E-state index in [1.54, 1.807) is 0 Å². The molecule has 0 aromatic rings. The van der Waals surface area contributed by atoms with E-state index in [1.165, 1.54) is 51.5 Å². The van der Waals surface area contributed by atoms with Crippen molar-refractivity contribution < 1.29 is 0 Å². The molecule has 0 spiro atoms. The molecule has 100 valence electrons. The van der Waals surface area contributed by atoms with E-state index >= 15 is 0 Å². The predicted octanol–water partition coefficient (Wildman–Crippen LogP) is 2.87. The number of nitrogens with zero attached hydrogens (tertiary/aromatic N) is 1. The molecular formula is C15H30N2. The summed E-state index contributed by atoms with van der Waals surface area (Å²) in [5, 5.41) is 0. The molecule has 17 heavy (non-hydrogen) atoms. The third kappa shape index (κ3) is 3.23. The van der Waals surface area contributed by atoms with Gasteiger partial charge in [0.25, 0.3) is 0 Å². The smallest absolute Gasteiger partial charge is 0.0118 e. The van der Waals surface area contributed by atoms with Gasteiger partial charge >= 0.3 is 0 Å². The molecule has 2 fully saturated rings. The summed E-state index contributed by atoms with van der Waals surface area (Å²) in [6.07, 6.45) is 9.91. The number of nitrogens with two attached hydrogens (primary N) is 1. The minimum absolute atomic E-state index is 0.802. The molecule has 2 nitrogen and oxygen atoms in total. The van der Waals surface area contributed by atoms with Crippen molar-refractivity contribution in [1.29, 1.82) is 0 Å². The minimum Gasteiger partial charge on any atom is -0.330 e. The third-order valence-corrected chi connectivity index (χ3v) is 5.27. The molecule has 0 aromatic heterocycles. The molecule has 0 aromatic carbocycles. The second-order valence-electron chi connectivity index (χ2n) is 6.46. The maximum Gasteiger partial charge on any atom is 0.0118 e. The van der Waals surface area contributed by atoms with Crippen LogP contribution in [0.5, 0.6) is 0 Å². The van der Waals surface area contributed by atoms with Gasteiger partial charge in [-0.25, -0.2) is 0 Å². The summed E-state index contributed by atoms with van der Waals surface area (Å²) >= 11 is 0. The molecule has 2 aliphatic rings. The van der Waals surface area contributed by atoms with Gasteiger partial charge in [0.2, 0.25) is 0 Å². The van der Waals surface area contributed by atoms with Crippen molar-refractivity contribution >= 4 is 0 Å². The van der Waals surface area contributed by atoms with Gasteiger partial charge in [0, 0.05) is 12.6 Å². The van der Waals surface area contributed by atoms with E-state index in [-0.39, 0.29) is 0 Å². The molecule has 0 radical (unpaired) electrons. The van der Waals surface area contributed by atoms with E-state index in [4.69, 9.17) is 5.73 Å². The van der Waals surface area contributed by atoms with Gasteiger partial charge in [-0.3, -0.25) is 0 Å². The number of hydrogen-bond acceptors (Lipinski definition) is 2. The van der Waals surface area contributed by atoms with Crippen molar-refractivity contribution in [3.63, 3.8) is 0 Å². The molecule has 2 heteroatoms. The summed E-state index contributed by atoms with van der Waals surface area (Å²) in [5.41, 5.74) is 5.89. The maximum atomic E-state index is 5.89. The Hall–Kier alpha value is -0.0800. The molecule has 0 saturated heterocycles. The summed E-state index contributed by atoms with van der Waals surface area (Å²) in [4.78, 5) is 2.66. The monoisotopic (exact) mass is 238 g/mol. The van der Waals surface area contributed by atoms with Crippen LogP contribution in [-0.2, 0) is 0 Å². The van der Waals surface area contributed by atoms with Crippen LogP contribution in [-0.4, -0.2) is 31.1 Å². The first kappa shape index (κ1) is 13.4. The maximum absolute atomic E-state index is 5.89. The number of hydrogen-bond donors (Lipinski definition) is 1. The van der Waals surface area contributed by atoms with E-state index in [0.29, 0.717) is 0 Å². The summed E-state index contributed by atoms with van der Waals surface area (Å²) in [6, 6.07) is 0.836. The molecule has 2 N–H and O–H groups in total. The Labute approximate surface area is 107 Å². The van der Waals surface area contributed by atoms with Crippen LogP contribution in [0.25, 0.3) is 0 Å². The van der Waals surface area contributed by atoms with Crippen LogP contribution in [0.1, 0.15) is 51.9 Å². The van der Waals surface area contributed by atoms with Crippen LogP contribution < -0.4 is 5.73 Å². The lowest BCUT2D eigenvalue weighted by molar-refractivity contribution is 0.113. The van der Waals surface area contributed by atoms with Gasteiger partial charge in [-0.1, -0.05) is 26.2 Å². The summed E-state index contributed by atoms with van der Waals surface area (Å²) < 4.78 is 0. The predicted molar refractivity (Wildman–Crippen MR) is 73.9 cm³/mol. The Balaban J connectivity index is 1.84. The average molecular weight is 238 g/mol. The molecule has 4 atom stereocenters. The Kier molecular flexibility index (Phi) is 4.87. The fourth-order valence-electron chi connectivity index (χ4n) is 4.12. The zero-order chi connectivity index (χ0) is 12.3. The third-order valence-electron chi connectivity index (χ3n) is 5.27. The molecular weight excluding hydrogens is 208 g/mol. The molecule has 0 amide bonds. The largest absolute Gasteiger partial charge is 0.330 e. The van der Waals surface area contributed by atoms with Gasteiger partial charge in [-0.05, 0) is 57.0 Å². The van der Waals surface area contributed by atoms with Crippen LogP contribution in [0.2, 0.25) is 0 Å². The van der Waals surface area contributed by atoms with Crippen LogP contribution in [0, 0.1) is 17.8 Å². The van der Waals surface area contributed by atoms with Crippen LogP contribution >= 0.6 is 0 Å². The molecule has 0 aliphatic heterocycles. The van der Waals surface area contributed by atoms with Crippen molar-refractivity contribution in [2.45, 2.75) is 57.9 Å². The Morgan fingerprint density at radius 2 is 1.71 bits per heavy atom. The van der Waals surface area contributed by atoms with Gasteiger partial charge in [0.1, 0.15) is 0 Å². The van der Waals surface area contributed by atoms with Gasteiger partial charge in [-0.2, -0.15) is 0 Å². The van der Waals surface area contributed by atoms with Crippen LogP contribution in [0.15, 0.2) is 0 Å². The highest BCUT2D eigenvalue weighted by atomic mass is 15.1. The van der Waals surface area contributed by atoms with E-state index in [9.17, 15) is 0 Å². The van der Waals surface area contributed by atoms with Crippen LogP contribution in [0.4, 0.5) is 0 Å². The van der Waals surface area contributed by atoms with Crippen molar-refractivity contribution in [1.82, 2.24) is 4.90 Å². The first-order valence-corrected chi connectivity index (χ1v) is 7.62. The summed E-state index contributed by atoms with van der Waals surface area (Å²) in [6.45, 7) is 4.63. The van der Waals surface area contributed by atoms with Gasteiger partial charge < -0.3 is 10.6 Å². The highest BCUT2D eigenvalue weighted by Crippen LogP contribution is 2.34. The van der Waals surface area contributed by atoms with E-state index < -0.39 is 0 Å². The molecule has 2 saturated carbocycles. The zero-order valence-corrected chi connectivity index (χ0v) is 11.7. The average Bonchev–Trinajstić information content (AvgIpc) is 2.76. The van der Waals surface area contributed by atoms with Gasteiger partial charge in [0.15, 0.2) is 0 Å².